The molecule has 0 unspecified atom stereocenters. The van der Waals surface area contributed by atoms with E-state index in [0.717, 1.165) is 24.2 Å². The van der Waals surface area contributed by atoms with Crippen LogP contribution < -0.4 is 0 Å². The molecule has 0 aliphatic carbocycles. The number of carbonyl (C=O) groups excluding carboxylic acids is 1. The molecule has 0 bridgehead atoms. The van der Waals surface area contributed by atoms with E-state index in [4.69, 9.17) is 0 Å². The molecule has 1 saturated heterocycles. The maximum atomic E-state index is 13.4. The Labute approximate surface area is 151 Å². The van der Waals surface area contributed by atoms with Gasteiger partial charge in [-0.25, -0.2) is 4.39 Å². The highest BCUT2D eigenvalue weighted by Crippen LogP contribution is 2.28. The molecule has 26 heavy (non-hydrogen) atoms. The van der Waals surface area contributed by atoms with Gasteiger partial charge in [-0.2, -0.15) is 0 Å². The molecule has 1 aromatic heterocycles. The second-order valence-corrected chi connectivity index (χ2v) is 6.46. The van der Waals surface area contributed by atoms with Gasteiger partial charge in [0.15, 0.2) is 5.82 Å². The summed E-state index contributed by atoms with van der Waals surface area (Å²) >= 11 is 0. The average Bonchev–Trinajstić information content (AvgIpc) is 3.18. The number of hydrogen-bond donors (Lipinski definition) is 0. The zero-order valence-corrected chi connectivity index (χ0v) is 14.3. The average molecular weight is 350 g/mol. The number of nitrogens with zero attached hydrogens (tertiary/aromatic N) is 4. The van der Waals surface area contributed by atoms with Crippen molar-refractivity contribution in [1.82, 2.24) is 19.7 Å². The van der Waals surface area contributed by atoms with E-state index in [1.807, 2.05) is 30.3 Å². The molecule has 132 valence electrons. The molecular formula is C20H19FN4O. The van der Waals surface area contributed by atoms with Gasteiger partial charge in [-0.1, -0.05) is 36.4 Å². The van der Waals surface area contributed by atoms with Crippen molar-refractivity contribution in [3.63, 3.8) is 0 Å². The summed E-state index contributed by atoms with van der Waals surface area (Å²) in [5, 5.41) is 8.34. The van der Waals surface area contributed by atoms with E-state index in [9.17, 15) is 9.18 Å². The van der Waals surface area contributed by atoms with Gasteiger partial charge < -0.3 is 9.47 Å². The van der Waals surface area contributed by atoms with Crippen molar-refractivity contribution in [2.75, 3.05) is 13.1 Å². The molecular weight excluding hydrogens is 331 g/mol. The van der Waals surface area contributed by atoms with E-state index in [0.29, 0.717) is 18.7 Å². The molecule has 6 heteroatoms. The lowest BCUT2D eigenvalue weighted by Crippen LogP contribution is -2.39. The highest BCUT2D eigenvalue weighted by atomic mass is 19.1. The summed E-state index contributed by atoms with van der Waals surface area (Å²) in [6.07, 6.45) is 3.40. The first-order chi connectivity index (χ1) is 12.7. The largest absolute Gasteiger partial charge is 0.338 e. The summed E-state index contributed by atoms with van der Waals surface area (Å²) in [6.45, 7) is 1.26. The van der Waals surface area contributed by atoms with Crippen LogP contribution >= 0.6 is 0 Å². The van der Waals surface area contributed by atoms with Crippen molar-refractivity contribution in [2.45, 2.75) is 18.9 Å². The van der Waals surface area contributed by atoms with E-state index in [2.05, 4.69) is 14.8 Å². The Bertz CT molecular complexity index is 901. The minimum atomic E-state index is -0.386. The Kier molecular flexibility index (Phi) is 4.48. The van der Waals surface area contributed by atoms with Crippen LogP contribution in [0.2, 0.25) is 0 Å². The highest BCUT2D eigenvalue weighted by Gasteiger charge is 2.26. The van der Waals surface area contributed by atoms with Crippen molar-refractivity contribution >= 4 is 5.91 Å². The molecule has 2 aromatic carbocycles. The lowest BCUT2D eigenvalue weighted by atomic mass is 10.0. The monoisotopic (exact) mass is 350 g/mol. The fraction of sp³-hybridized carbons (Fsp3) is 0.250. The maximum Gasteiger partial charge on any atom is 0.253 e. The molecule has 5 nitrogen and oxygen atoms in total. The predicted octanol–water partition coefficient (Wildman–Crippen LogP) is 3.56. The molecule has 1 amide bonds. The van der Waals surface area contributed by atoms with Crippen LogP contribution in [0, 0.1) is 5.82 Å². The highest BCUT2D eigenvalue weighted by molar-refractivity contribution is 5.94. The summed E-state index contributed by atoms with van der Waals surface area (Å²) in [7, 11) is 0. The number of rotatable bonds is 3. The van der Waals surface area contributed by atoms with Crippen molar-refractivity contribution in [1.29, 1.82) is 0 Å². The molecule has 0 N–H and O–H groups in total. The van der Waals surface area contributed by atoms with Crippen molar-refractivity contribution < 1.29 is 9.18 Å². The molecule has 1 aliphatic heterocycles. The minimum absolute atomic E-state index is 0.116. The molecule has 0 atom stereocenters. The second kappa shape index (κ2) is 7.07. The van der Waals surface area contributed by atoms with Crippen LogP contribution in [0.3, 0.4) is 0 Å². The topological polar surface area (TPSA) is 51.0 Å². The Hall–Kier alpha value is -3.02. The SMILES string of the molecule is O=C(c1cccc(F)c1)N1CCC(n2cnnc2-c2ccccc2)CC1. The fourth-order valence-corrected chi connectivity index (χ4v) is 3.45. The van der Waals surface area contributed by atoms with Gasteiger partial charge in [-0.3, -0.25) is 4.79 Å². The number of carbonyl (C=O) groups is 1. The van der Waals surface area contributed by atoms with Gasteiger partial charge in [-0.15, -0.1) is 10.2 Å². The third-order valence-corrected chi connectivity index (χ3v) is 4.82. The lowest BCUT2D eigenvalue weighted by molar-refractivity contribution is 0.0694. The van der Waals surface area contributed by atoms with Crippen LogP contribution in [0.5, 0.6) is 0 Å². The molecule has 0 radical (unpaired) electrons. The third kappa shape index (κ3) is 3.22. The first kappa shape index (κ1) is 16.4. The van der Waals surface area contributed by atoms with Crippen LogP contribution in [0.15, 0.2) is 60.9 Å². The molecule has 2 heterocycles. The van der Waals surface area contributed by atoms with Gasteiger partial charge in [0.05, 0.1) is 0 Å². The number of halogens is 1. The Morgan fingerprint density at radius 2 is 1.81 bits per heavy atom. The second-order valence-electron chi connectivity index (χ2n) is 6.46. The number of benzene rings is 2. The summed E-state index contributed by atoms with van der Waals surface area (Å²) in [4.78, 5) is 14.4. The molecule has 4 rings (SSSR count). The normalized spacial score (nSPS) is 15.2. The van der Waals surface area contributed by atoms with Gasteiger partial charge in [-0.05, 0) is 31.0 Å². The zero-order valence-electron chi connectivity index (χ0n) is 14.3. The predicted molar refractivity (Wildman–Crippen MR) is 96.0 cm³/mol. The smallest absolute Gasteiger partial charge is 0.253 e. The number of amides is 1. The summed E-state index contributed by atoms with van der Waals surface area (Å²) in [5.41, 5.74) is 1.43. The summed E-state index contributed by atoms with van der Waals surface area (Å²) in [6, 6.07) is 16.1. The molecule has 3 aromatic rings. The summed E-state index contributed by atoms with van der Waals surface area (Å²) < 4.78 is 15.5. The van der Waals surface area contributed by atoms with Crippen molar-refractivity contribution in [2.24, 2.45) is 0 Å². The molecule has 1 fully saturated rings. The standard InChI is InChI=1S/C20H19FN4O/c21-17-8-4-7-16(13-17)20(26)24-11-9-18(10-12-24)25-14-22-23-19(25)15-5-2-1-3-6-15/h1-8,13-14,18H,9-12H2. The third-order valence-electron chi connectivity index (χ3n) is 4.82. The zero-order chi connectivity index (χ0) is 17.9. The minimum Gasteiger partial charge on any atom is -0.338 e. The van der Waals surface area contributed by atoms with E-state index in [1.165, 1.54) is 12.1 Å². The number of likely N-dealkylation sites (tertiary alicyclic amines) is 1. The Balaban J connectivity index is 1.46. The van der Waals surface area contributed by atoms with Crippen molar-refractivity contribution in [3.05, 3.63) is 72.3 Å². The molecule has 0 spiro atoms. The van der Waals surface area contributed by atoms with Crippen molar-refractivity contribution in [3.8, 4) is 11.4 Å². The van der Waals surface area contributed by atoms with E-state index >= 15 is 0 Å². The maximum absolute atomic E-state index is 13.4. The van der Waals surface area contributed by atoms with Gasteiger partial charge in [0, 0.05) is 30.3 Å². The van der Waals surface area contributed by atoms with Crippen LogP contribution in [-0.2, 0) is 0 Å². The summed E-state index contributed by atoms with van der Waals surface area (Å²) in [5.74, 6) is 0.346. The van der Waals surface area contributed by atoms with E-state index in [1.54, 1.807) is 23.4 Å². The van der Waals surface area contributed by atoms with Gasteiger partial charge in [0.1, 0.15) is 12.1 Å². The fourth-order valence-electron chi connectivity index (χ4n) is 3.45. The number of piperidine rings is 1. The van der Waals surface area contributed by atoms with Gasteiger partial charge >= 0.3 is 0 Å². The quantitative estimate of drug-likeness (QED) is 0.726. The molecule has 0 saturated carbocycles. The van der Waals surface area contributed by atoms with Gasteiger partial charge in [0.2, 0.25) is 0 Å². The van der Waals surface area contributed by atoms with Gasteiger partial charge in [0.25, 0.3) is 5.91 Å². The van der Waals surface area contributed by atoms with Crippen LogP contribution in [0.1, 0.15) is 29.2 Å². The first-order valence-corrected chi connectivity index (χ1v) is 8.72. The number of aromatic nitrogens is 3. The lowest BCUT2D eigenvalue weighted by Gasteiger charge is -2.33. The van der Waals surface area contributed by atoms with Crippen LogP contribution in [0.4, 0.5) is 4.39 Å². The first-order valence-electron chi connectivity index (χ1n) is 8.72. The Morgan fingerprint density at radius 3 is 2.54 bits per heavy atom. The number of hydrogen-bond acceptors (Lipinski definition) is 3. The van der Waals surface area contributed by atoms with Crippen LogP contribution in [0.25, 0.3) is 11.4 Å². The van der Waals surface area contributed by atoms with E-state index in [-0.39, 0.29) is 17.8 Å². The van der Waals surface area contributed by atoms with E-state index < -0.39 is 0 Å². The molecule has 1 aliphatic rings. The van der Waals surface area contributed by atoms with Crippen LogP contribution in [-0.4, -0.2) is 38.7 Å². The Morgan fingerprint density at radius 1 is 1.04 bits per heavy atom.